The summed E-state index contributed by atoms with van der Waals surface area (Å²) in [7, 11) is -0.866. The van der Waals surface area contributed by atoms with Crippen LogP contribution in [0.3, 0.4) is 0 Å². The Kier molecular flexibility index (Phi) is 7.37. The molecule has 10 heteroatoms. The summed E-state index contributed by atoms with van der Waals surface area (Å²) in [6.45, 7) is 2.78. The zero-order valence-electron chi connectivity index (χ0n) is 17.7. The molecule has 1 amide bonds. The number of anilines is 1. The van der Waals surface area contributed by atoms with Crippen molar-refractivity contribution in [2.24, 2.45) is 0 Å². The van der Waals surface area contributed by atoms with Gasteiger partial charge in [0.15, 0.2) is 6.10 Å². The van der Waals surface area contributed by atoms with Gasteiger partial charge in [-0.15, -0.1) is 0 Å². The van der Waals surface area contributed by atoms with E-state index >= 15 is 0 Å². The number of carbonyl (C=O) groups is 1. The van der Waals surface area contributed by atoms with Crippen LogP contribution in [0.25, 0.3) is 0 Å². The molecule has 1 N–H and O–H groups in total. The van der Waals surface area contributed by atoms with Gasteiger partial charge in [0.1, 0.15) is 22.1 Å². The zero-order chi connectivity index (χ0) is 22.4. The maximum Gasteiger partial charge on any atom is 0.265 e. The van der Waals surface area contributed by atoms with Crippen LogP contribution in [0.5, 0.6) is 17.2 Å². The molecule has 2 aromatic carbocycles. The normalized spacial score (nSPS) is 15.7. The van der Waals surface area contributed by atoms with Crippen LogP contribution in [0.4, 0.5) is 5.69 Å². The summed E-state index contributed by atoms with van der Waals surface area (Å²) in [6, 6.07) is 11.4. The van der Waals surface area contributed by atoms with Crippen molar-refractivity contribution in [1.29, 1.82) is 0 Å². The first-order valence-corrected chi connectivity index (χ1v) is 11.2. The van der Waals surface area contributed by atoms with Gasteiger partial charge in [-0.3, -0.25) is 4.79 Å². The van der Waals surface area contributed by atoms with Crippen LogP contribution in [-0.4, -0.2) is 65.3 Å². The summed E-state index contributed by atoms with van der Waals surface area (Å²) in [5.74, 6) is 0.860. The number of methoxy groups -OCH3 is 2. The maximum absolute atomic E-state index is 13.1. The predicted molar refractivity (Wildman–Crippen MR) is 114 cm³/mol. The van der Waals surface area contributed by atoms with E-state index in [2.05, 4.69) is 5.32 Å². The van der Waals surface area contributed by atoms with Crippen LogP contribution in [0.1, 0.15) is 6.92 Å². The van der Waals surface area contributed by atoms with Crippen molar-refractivity contribution in [3.63, 3.8) is 0 Å². The number of morpholine rings is 1. The third-order valence-electron chi connectivity index (χ3n) is 4.74. The Labute approximate surface area is 181 Å². The van der Waals surface area contributed by atoms with Crippen LogP contribution in [0.2, 0.25) is 0 Å². The smallest absolute Gasteiger partial charge is 0.265 e. The SMILES string of the molecule is COc1cccc(OC(C)C(=O)Nc2ccc(OC)c(S(=O)(=O)N3CCOCC3)c2)c1. The molecule has 2 aromatic rings. The van der Waals surface area contributed by atoms with Crippen molar-refractivity contribution in [3.05, 3.63) is 42.5 Å². The molecular weight excluding hydrogens is 424 g/mol. The number of benzene rings is 2. The van der Waals surface area contributed by atoms with Gasteiger partial charge in [0.25, 0.3) is 5.91 Å². The number of hydrogen-bond donors (Lipinski definition) is 1. The standard InChI is InChI=1S/C21H26N2O7S/c1-15(30-18-6-4-5-17(14-18)27-2)21(24)22-16-7-8-19(28-3)20(13-16)31(25,26)23-9-11-29-12-10-23/h4-8,13-15H,9-12H2,1-3H3,(H,22,24). The lowest BCUT2D eigenvalue weighted by atomic mass is 10.2. The minimum absolute atomic E-state index is 0.0175. The lowest BCUT2D eigenvalue weighted by molar-refractivity contribution is -0.122. The zero-order valence-corrected chi connectivity index (χ0v) is 18.5. The number of carbonyl (C=O) groups excluding carboxylic acids is 1. The van der Waals surface area contributed by atoms with Gasteiger partial charge in [0, 0.05) is 24.8 Å². The quantitative estimate of drug-likeness (QED) is 0.657. The van der Waals surface area contributed by atoms with E-state index in [9.17, 15) is 13.2 Å². The highest BCUT2D eigenvalue weighted by Gasteiger charge is 2.30. The number of hydrogen-bond acceptors (Lipinski definition) is 7. The minimum atomic E-state index is -3.81. The van der Waals surface area contributed by atoms with Gasteiger partial charge in [-0.2, -0.15) is 4.31 Å². The molecule has 1 aliphatic rings. The highest BCUT2D eigenvalue weighted by molar-refractivity contribution is 7.89. The molecule has 1 heterocycles. The van der Waals surface area contributed by atoms with Gasteiger partial charge in [0.05, 0.1) is 27.4 Å². The van der Waals surface area contributed by atoms with Gasteiger partial charge >= 0.3 is 0 Å². The van der Waals surface area contributed by atoms with Gasteiger partial charge in [-0.05, 0) is 37.3 Å². The van der Waals surface area contributed by atoms with Crippen molar-refractivity contribution in [2.45, 2.75) is 17.9 Å². The lowest BCUT2D eigenvalue weighted by Crippen LogP contribution is -2.40. The maximum atomic E-state index is 13.1. The number of nitrogens with zero attached hydrogens (tertiary/aromatic N) is 1. The second-order valence-electron chi connectivity index (χ2n) is 6.81. The Hall–Kier alpha value is -2.82. The van der Waals surface area contributed by atoms with Crippen LogP contribution in [0, 0.1) is 0 Å². The third-order valence-corrected chi connectivity index (χ3v) is 6.66. The van der Waals surface area contributed by atoms with Crippen molar-refractivity contribution in [1.82, 2.24) is 4.31 Å². The van der Waals surface area contributed by atoms with E-state index in [0.717, 1.165) is 0 Å². The summed E-state index contributed by atoms with van der Waals surface area (Å²) in [5.41, 5.74) is 0.318. The fourth-order valence-electron chi connectivity index (χ4n) is 3.06. The number of amides is 1. The molecular formula is C21H26N2O7S. The Bertz CT molecular complexity index is 1020. The van der Waals surface area contributed by atoms with E-state index in [4.69, 9.17) is 18.9 Å². The molecule has 0 aromatic heterocycles. The summed E-state index contributed by atoms with van der Waals surface area (Å²) in [6.07, 6.45) is -0.825. The van der Waals surface area contributed by atoms with E-state index < -0.39 is 22.0 Å². The summed E-state index contributed by atoms with van der Waals surface area (Å²) in [5, 5.41) is 2.70. The summed E-state index contributed by atoms with van der Waals surface area (Å²) >= 11 is 0. The van der Waals surface area contributed by atoms with Gasteiger partial charge in [-0.1, -0.05) is 6.07 Å². The molecule has 0 radical (unpaired) electrons. The highest BCUT2D eigenvalue weighted by atomic mass is 32.2. The van der Waals surface area contributed by atoms with Crippen LogP contribution >= 0.6 is 0 Å². The van der Waals surface area contributed by atoms with Gasteiger partial charge < -0.3 is 24.3 Å². The van der Waals surface area contributed by atoms with Crippen molar-refractivity contribution < 1.29 is 32.2 Å². The second kappa shape index (κ2) is 9.99. The van der Waals surface area contributed by atoms with Crippen molar-refractivity contribution >= 4 is 21.6 Å². The highest BCUT2D eigenvalue weighted by Crippen LogP contribution is 2.30. The molecule has 1 fully saturated rings. The Morgan fingerprint density at radius 3 is 2.45 bits per heavy atom. The molecule has 0 aliphatic carbocycles. The molecule has 0 spiro atoms. The largest absolute Gasteiger partial charge is 0.497 e. The average Bonchev–Trinajstić information content (AvgIpc) is 2.79. The van der Waals surface area contributed by atoms with Crippen LogP contribution in [0.15, 0.2) is 47.4 Å². The number of ether oxygens (including phenoxy) is 4. The van der Waals surface area contributed by atoms with E-state index in [1.807, 2.05) is 0 Å². The number of nitrogens with one attached hydrogen (secondary N) is 1. The molecule has 1 aliphatic heterocycles. The Morgan fingerprint density at radius 1 is 1.06 bits per heavy atom. The summed E-state index contributed by atoms with van der Waals surface area (Å²) in [4.78, 5) is 12.6. The van der Waals surface area contributed by atoms with E-state index in [1.165, 1.54) is 23.5 Å². The minimum Gasteiger partial charge on any atom is -0.497 e. The fraction of sp³-hybridized carbons (Fsp3) is 0.381. The molecule has 1 saturated heterocycles. The molecule has 1 unspecified atom stereocenters. The first-order valence-electron chi connectivity index (χ1n) is 9.72. The summed E-state index contributed by atoms with van der Waals surface area (Å²) < 4.78 is 48.8. The Balaban J connectivity index is 1.76. The van der Waals surface area contributed by atoms with Gasteiger partial charge in [0.2, 0.25) is 10.0 Å². The molecule has 1 atom stereocenters. The molecule has 3 rings (SSSR count). The first kappa shape index (κ1) is 22.9. The molecule has 0 saturated carbocycles. The van der Waals surface area contributed by atoms with Crippen molar-refractivity contribution in [2.75, 3.05) is 45.8 Å². The lowest BCUT2D eigenvalue weighted by Gasteiger charge is -2.27. The third kappa shape index (κ3) is 5.46. The average molecular weight is 451 g/mol. The first-order chi connectivity index (χ1) is 14.8. The molecule has 31 heavy (non-hydrogen) atoms. The molecule has 0 bridgehead atoms. The monoisotopic (exact) mass is 450 g/mol. The van der Waals surface area contributed by atoms with Crippen LogP contribution < -0.4 is 19.5 Å². The second-order valence-corrected chi connectivity index (χ2v) is 8.72. The van der Waals surface area contributed by atoms with E-state index in [-0.39, 0.29) is 23.7 Å². The number of sulfonamides is 1. The van der Waals surface area contributed by atoms with E-state index in [1.54, 1.807) is 44.4 Å². The van der Waals surface area contributed by atoms with Crippen LogP contribution in [-0.2, 0) is 19.6 Å². The molecule has 168 valence electrons. The fourth-order valence-corrected chi connectivity index (χ4v) is 4.65. The number of rotatable bonds is 8. The predicted octanol–water partition coefficient (Wildman–Crippen LogP) is 2.13. The van der Waals surface area contributed by atoms with Crippen molar-refractivity contribution in [3.8, 4) is 17.2 Å². The molecule has 9 nitrogen and oxygen atoms in total. The topological polar surface area (TPSA) is 103 Å². The van der Waals surface area contributed by atoms with Gasteiger partial charge in [-0.25, -0.2) is 8.42 Å². The Morgan fingerprint density at radius 2 is 1.77 bits per heavy atom. The van der Waals surface area contributed by atoms with E-state index in [0.29, 0.717) is 30.4 Å².